The topological polar surface area (TPSA) is 38.8 Å². The molecule has 144 valence electrons. The van der Waals surface area contributed by atoms with Gasteiger partial charge in [0, 0.05) is 24.4 Å². The van der Waals surface area contributed by atoms with E-state index in [0.717, 1.165) is 50.0 Å². The average molecular weight is 386 g/mol. The Morgan fingerprint density at radius 2 is 1.81 bits per heavy atom. The highest BCUT2D eigenvalue weighted by molar-refractivity contribution is 7.10. The van der Waals surface area contributed by atoms with E-state index in [9.17, 15) is 4.79 Å². The van der Waals surface area contributed by atoms with Gasteiger partial charge in [0.1, 0.15) is 5.75 Å². The van der Waals surface area contributed by atoms with E-state index in [1.165, 1.54) is 10.4 Å². The second-order valence-electron chi connectivity index (χ2n) is 7.48. The molecular formula is C22H27NO3S. The Balaban J connectivity index is 1.61. The molecule has 2 aliphatic rings. The fourth-order valence-electron chi connectivity index (χ4n) is 4.44. The van der Waals surface area contributed by atoms with Crippen molar-refractivity contribution in [2.75, 3.05) is 20.8 Å². The largest absolute Gasteiger partial charge is 0.497 e. The second-order valence-corrected chi connectivity index (χ2v) is 8.42. The summed E-state index contributed by atoms with van der Waals surface area (Å²) >= 11 is 1.76. The van der Waals surface area contributed by atoms with E-state index in [2.05, 4.69) is 28.5 Å². The molecule has 27 heavy (non-hydrogen) atoms. The number of fused-ring (bicyclic) bond motifs is 1. The number of ether oxygens (including phenoxy) is 2. The molecule has 0 bridgehead atoms. The summed E-state index contributed by atoms with van der Waals surface area (Å²) in [5.41, 5.74) is 2.55. The van der Waals surface area contributed by atoms with Crippen LogP contribution in [-0.2, 0) is 16.0 Å². The van der Waals surface area contributed by atoms with Gasteiger partial charge in [-0.3, -0.25) is 4.79 Å². The number of rotatable bonds is 4. The zero-order valence-electron chi connectivity index (χ0n) is 16.0. The fourth-order valence-corrected chi connectivity index (χ4v) is 5.53. The first-order chi connectivity index (χ1) is 13.2. The highest BCUT2D eigenvalue weighted by Crippen LogP contribution is 2.41. The van der Waals surface area contributed by atoms with Gasteiger partial charge in [-0.2, -0.15) is 0 Å². The van der Waals surface area contributed by atoms with Gasteiger partial charge in [0.25, 0.3) is 0 Å². The van der Waals surface area contributed by atoms with Gasteiger partial charge in [-0.15, -0.1) is 11.3 Å². The number of benzene rings is 1. The van der Waals surface area contributed by atoms with Gasteiger partial charge in [-0.05, 0) is 66.8 Å². The van der Waals surface area contributed by atoms with Crippen LogP contribution in [0.3, 0.4) is 0 Å². The summed E-state index contributed by atoms with van der Waals surface area (Å²) in [5, 5.41) is 2.15. The summed E-state index contributed by atoms with van der Waals surface area (Å²) in [5.74, 6) is 1.28. The van der Waals surface area contributed by atoms with Crippen LogP contribution in [0.1, 0.15) is 47.7 Å². The quantitative estimate of drug-likeness (QED) is 0.781. The van der Waals surface area contributed by atoms with Crippen LogP contribution >= 0.6 is 11.3 Å². The van der Waals surface area contributed by atoms with Crippen molar-refractivity contribution in [3.63, 3.8) is 0 Å². The van der Waals surface area contributed by atoms with E-state index in [1.807, 2.05) is 12.1 Å². The molecule has 4 nitrogen and oxygen atoms in total. The van der Waals surface area contributed by atoms with Crippen molar-refractivity contribution in [3.05, 3.63) is 51.7 Å². The maximum absolute atomic E-state index is 13.5. The Hall–Kier alpha value is -1.85. The molecule has 0 spiro atoms. The molecular weight excluding hydrogens is 358 g/mol. The summed E-state index contributed by atoms with van der Waals surface area (Å²) in [4.78, 5) is 16.9. The molecule has 4 rings (SSSR count). The van der Waals surface area contributed by atoms with Crippen LogP contribution in [0.2, 0.25) is 0 Å². The summed E-state index contributed by atoms with van der Waals surface area (Å²) < 4.78 is 10.8. The molecule has 1 aromatic carbocycles. The number of thiophene rings is 1. The average Bonchev–Trinajstić information content (AvgIpc) is 3.21. The van der Waals surface area contributed by atoms with Gasteiger partial charge in [-0.25, -0.2) is 0 Å². The van der Waals surface area contributed by atoms with E-state index < -0.39 is 0 Å². The number of methoxy groups -OCH3 is 2. The maximum Gasteiger partial charge on any atom is 0.226 e. The third-order valence-corrected chi connectivity index (χ3v) is 7.05. The van der Waals surface area contributed by atoms with E-state index in [-0.39, 0.29) is 12.0 Å². The zero-order chi connectivity index (χ0) is 18.8. The molecule has 5 heteroatoms. The third-order valence-electron chi connectivity index (χ3n) is 6.03. The zero-order valence-corrected chi connectivity index (χ0v) is 16.8. The van der Waals surface area contributed by atoms with Crippen LogP contribution in [0.25, 0.3) is 0 Å². The molecule has 1 fully saturated rings. The Morgan fingerprint density at radius 3 is 2.48 bits per heavy atom. The first-order valence-electron chi connectivity index (χ1n) is 9.74. The van der Waals surface area contributed by atoms with Crippen molar-refractivity contribution in [2.45, 2.75) is 44.2 Å². The van der Waals surface area contributed by atoms with Gasteiger partial charge in [-0.1, -0.05) is 12.1 Å². The van der Waals surface area contributed by atoms with E-state index in [0.29, 0.717) is 12.0 Å². The second kappa shape index (κ2) is 8.03. The molecule has 1 aliphatic carbocycles. The van der Waals surface area contributed by atoms with Crippen molar-refractivity contribution in [2.24, 2.45) is 5.92 Å². The number of nitrogens with zero attached hydrogens (tertiary/aromatic N) is 1. The van der Waals surface area contributed by atoms with Crippen LogP contribution in [-0.4, -0.2) is 37.7 Å². The van der Waals surface area contributed by atoms with Crippen molar-refractivity contribution in [3.8, 4) is 5.75 Å². The Kier molecular flexibility index (Phi) is 5.50. The number of carbonyl (C=O) groups excluding carboxylic acids is 1. The van der Waals surface area contributed by atoms with Crippen LogP contribution in [0.5, 0.6) is 5.75 Å². The smallest absolute Gasteiger partial charge is 0.226 e. The van der Waals surface area contributed by atoms with Gasteiger partial charge < -0.3 is 14.4 Å². The van der Waals surface area contributed by atoms with Crippen LogP contribution in [0, 0.1) is 5.92 Å². The lowest BCUT2D eigenvalue weighted by Gasteiger charge is -2.39. The van der Waals surface area contributed by atoms with Crippen molar-refractivity contribution < 1.29 is 14.3 Å². The molecule has 0 N–H and O–H groups in total. The molecule has 2 heterocycles. The standard InChI is InChI=1S/C22H27NO3S/c1-25-18-7-3-15(4-8-18)20-21-16(12-14-27-21)11-13-23(20)22(24)17-5-9-19(26-2)10-6-17/h3-4,7-8,12,14,17,19-20H,5-6,9-11,13H2,1-2H3. The molecule has 1 aromatic heterocycles. The third kappa shape index (κ3) is 3.63. The number of hydrogen-bond acceptors (Lipinski definition) is 4. The van der Waals surface area contributed by atoms with Crippen molar-refractivity contribution in [1.29, 1.82) is 0 Å². The summed E-state index contributed by atoms with van der Waals surface area (Å²) in [7, 11) is 3.45. The predicted octanol–water partition coefficient (Wildman–Crippen LogP) is 4.44. The van der Waals surface area contributed by atoms with Gasteiger partial charge >= 0.3 is 0 Å². The lowest BCUT2D eigenvalue weighted by molar-refractivity contribution is -0.139. The van der Waals surface area contributed by atoms with Crippen LogP contribution in [0.4, 0.5) is 0 Å². The normalized spacial score (nSPS) is 25.1. The minimum Gasteiger partial charge on any atom is -0.497 e. The Labute approximate surface area is 165 Å². The predicted molar refractivity (Wildman–Crippen MR) is 107 cm³/mol. The maximum atomic E-state index is 13.5. The number of carbonyl (C=O) groups is 1. The summed E-state index contributed by atoms with van der Waals surface area (Å²) in [6, 6.07) is 10.4. The number of hydrogen-bond donors (Lipinski definition) is 0. The SMILES string of the molecule is COc1ccc(C2c3sccc3CCN2C(=O)C2CCC(OC)CC2)cc1. The lowest BCUT2D eigenvalue weighted by atomic mass is 9.85. The van der Waals surface area contributed by atoms with E-state index in [4.69, 9.17) is 9.47 Å². The van der Waals surface area contributed by atoms with Crippen LogP contribution < -0.4 is 4.74 Å². The number of amides is 1. The van der Waals surface area contributed by atoms with Gasteiger partial charge in [0.2, 0.25) is 5.91 Å². The first kappa shape index (κ1) is 18.5. The monoisotopic (exact) mass is 385 g/mol. The minimum atomic E-state index is 0.0207. The molecule has 1 unspecified atom stereocenters. The summed E-state index contributed by atoms with van der Waals surface area (Å²) in [6.07, 6.45) is 5.10. The van der Waals surface area contributed by atoms with E-state index in [1.54, 1.807) is 25.6 Å². The van der Waals surface area contributed by atoms with Crippen molar-refractivity contribution >= 4 is 17.2 Å². The van der Waals surface area contributed by atoms with Gasteiger partial charge in [0.05, 0.1) is 19.3 Å². The molecule has 1 aliphatic heterocycles. The molecule has 0 radical (unpaired) electrons. The lowest BCUT2D eigenvalue weighted by Crippen LogP contribution is -2.44. The van der Waals surface area contributed by atoms with Crippen LogP contribution in [0.15, 0.2) is 35.7 Å². The molecule has 2 aromatic rings. The molecule has 1 atom stereocenters. The fraction of sp³-hybridized carbons (Fsp3) is 0.500. The van der Waals surface area contributed by atoms with Gasteiger partial charge in [0.15, 0.2) is 0 Å². The van der Waals surface area contributed by atoms with E-state index >= 15 is 0 Å². The summed E-state index contributed by atoms with van der Waals surface area (Å²) in [6.45, 7) is 0.795. The molecule has 1 amide bonds. The highest BCUT2D eigenvalue weighted by Gasteiger charge is 2.37. The molecule has 0 saturated heterocycles. The first-order valence-corrected chi connectivity index (χ1v) is 10.6. The minimum absolute atomic E-state index is 0.0207. The van der Waals surface area contributed by atoms with Crippen molar-refractivity contribution in [1.82, 2.24) is 4.90 Å². The Bertz CT molecular complexity index is 777. The molecule has 1 saturated carbocycles. The highest BCUT2D eigenvalue weighted by atomic mass is 32.1. The Morgan fingerprint density at radius 1 is 1.07 bits per heavy atom.